The van der Waals surface area contributed by atoms with Crippen molar-refractivity contribution in [2.45, 2.75) is 6.04 Å². The second-order valence-corrected chi connectivity index (χ2v) is 2.03. The van der Waals surface area contributed by atoms with Gasteiger partial charge in [-0.1, -0.05) is 0 Å². The lowest BCUT2D eigenvalue weighted by Crippen LogP contribution is -2.40. The predicted molar refractivity (Wildman–Crippen MR) is 32.3 cm³/mol. The molecule has 9 heavy (non-hydrogen) atoms. The first-order chi connectivity index (χ1) is 4.34. The highest BCUT2D eigenvalue weighted by molar-refractivity contribution is 4.93. The van der Waals surface area contributed by atoms with Gasteiger partial charge in [-0.05, 0) is 6.54 Å². The Kier molecular flexibility index (Phi) is 2.04. The molecule has 0 radical (unpaired) electrons. The molecule has 1 unspecified atom stereocenters. The van der Waals surface area contributed by atoms with Crippen LogP contribution in [0.4, 0.5) is 0 Å². The average Bonchev–Trinajstić information content (AvgIpc) is 1.89. The smallest absolute Gasteiger partial charge is 0.0945 e. The molecular weight excluding hydrogens is 116 g/mol. The maximum atomic E-state index is 8.45. The van der Waals surface area contributed by atoms with E-state index < -0.39 is 0 Å². The van der Waals surface area contributed by atoms with E-state index in [1.54, 1.807) is 4.90 Å². The molecule has 0 aromatic heterocycles. The summed E-state index contributed by atoms with van der Waals surface area (Å²) in [7, 11) is 3.68. The van der Waals surface area contributed by atoms with Crippen LogP contribution in [0.5, 0.6) is 0 Å². The van der Waals surface area contributed by atoms with Gasteiger partial charge < -0.3 is 9.64 Å². The molecule has 3 heteroatoms. The van der Waals surface area contributed by atoms with Crippen LogP contribution < -0.4 is 0 Å². The summed E-state index contributed by atoms with van der Waals surface area (Å²) >= 11 is 0. The Morgan fingerprint density at radius 1 is 1.78 bits per heavy atom. The standard InChI is InChI=1S/C6H9N2O/c1-8-2-3-9-5-6(8)4-7/h6H,1-3,5H2/q-1. The minimum absolute atomic E-state index is 0.140. The van der Waals surface area contributed by atoms with Crippen LogP contribution in [0.15, 0.2) is 0 Å². The molecule has 50 valence electrons. The number of nitrogens with zero attached hydrogens (tertiary/aromatic N) is 2. The van der Waals surface area contributed by atoms with Crippen LogP contribution in [0.2, 0.25) is 0 Å². The van der Waals surface area contributed by atoms with Crippen molar-refractivity contribution < 1.29 is 4.74 Å². The molecule has 0 N–H and O–H groups in total. The van der Waals surface area contributed by atoms with Gasteiger partial charge >= 0.3 is 0 Å². The Labute approximate surface area is 54.8 Å². The summed E-state index contributed by atoms with van der Waals surface area (Å²) < 4.78 is 5.04. The molecule has 0 bridgehead atoms. The third kappa shape index (κ3) is 1.41. The first kappa shape index (κ1) is 6.53. The highest BCUT2D eigenvalue weighted by atomic mass is 16.5. The fourth-order valence-electron chi connectivity index (χ4n) is 0.757. The van der Waals surface area contributed by atoms with Crippen molar-refractivity contribution in [2.75, 3.05) is 19.8 Å². The van der Waals surface area contributed by atoms with Crippen molar-refractivity contribution in [3.63, 3.8) is 0 Å². The van der Waals surface area contributed by atoms with Crippen molar-refractivity contribution in [1.82, 2.24) is 4.90 Å². The molecule has 1 aliphatic rings. The van der Waals surface area contributed by atoms with Gasteiger partial charge in [-0.15, -0.1) is 0 Å². The van der Waals surface area contributed by atoms with Gasteiger partial charge in [0.25, 0.3) is 0 Å². The van der Waals surface area contributed by atoms with Gasteiger partial charge in [0.2, 0.25) is 0 Å². The Bertz CT molecular complexity index is 130. The molecule has 1 saturated heterocycles. The number of ether oxygens (including phenoxy) is 1. The zero-order valence-corrected chi connectivity index (χ0v) is 5.21. The average molecular weight is 125 g/mol. The fraction of sp³-hybridized carbons (Fsp3) is 0.667. The monoisotopic (exact) mass is 125 g/mol. The van der Waals surface area contributed by atoms with E-state index >= 15 is 0 Å². The molecule has 0 saturated carbocycles. The minimum Gasteiger partial charge on any atom is -0.441 e. The molecule has 0 aromatic rings. The fourth-order valence-corrected chi connectivity index (χ4v) is 0.757. The Morgan fingerprint density at radius 3 is 3.00 bits per heavy atom. The molecule has 0 aliphatic carbocycles. The van der Waals surface area contributed by atoms with Gasteiger partial charge in [0.15, 0.2) is 0 Å². The van der Waals surface area contributed by atoms with E-state index in [0.29, 0.717) is 13.2 Å². The van der Waals surface area contributed by atoms with Gasteiger partial charge in [0.05, 0.1) is 25.3 Å². The van der Waals surface area contributed by atoms with Crippen LogP contribution in [-0.2, 0) is 4.74 Å². The summed E-state index contributed by atoms with van der Waals surface area (Å²) in [6.45, 7) is 1.96. The summed E-state index contributed by atoms with van der Waals surface area (Å²) in [6, 6.07) is 1.95. The molecule has 0 amide bonds. The number of hydrogen-bond acceptors (Lipinski definition) is 3. The number of rotatable bonds is 0. The van der Waals surface area contributed by atoms with E-state index in [2.05, 4.69) is 13.1 Å². The van der Waals surface area contributed by atoms with Crippen LogP contribution in [0.3, 0.4) is 0 Å². The van der Waals surface area contributed by atoms with Crippen molar-refractivity contribution in [3.05, 3.63) is 7.05 Å². The number of nitriles is 1. The summed E-state index contributed by atoms with van der Waals surface area (Å²) in [6.07, 6.45) is 0. The van der Waals surface area contributed by atoms with Crippen molar-refractivity contribution in [2.24, 2.45) is 0 Å². The summed E-state index contributed by atoms with van der Waals surface area (Å²) in [5.41, 5.74) is 0. The van der Waals surface area contributed by atoms with Crippen molar-refractivity contribution in [3.8, 4) is 6.07 Å². The normalized spacial score (nSPS) is 29.6. The van der Waals surface area contributed by atoms with Gasteiger partial charge in [0.1, 0.15) is 0 Å². The SMILES string of the molecule is [CH2-]N1CCOCC1C#N. The topological polar surface area (TPSA) is 36.3 Å². The molecule has 0 spiro atoms. The largest absolute Gasteiger partial charge is 0.441 e. The molecule has 1 rings (SSSR count). The summed E-state index contributed by atoms with van der Waals surface area (Å²) in [4.78, 5) is 1.75. The third-order valence-corrected chi connectivity index (χ3v) is 1.39. The highest BCUT2D eigenvalue weighted by Crippen LogP contribution is 2.02. The number of morpholine rings is 1. The van der Waals surface area contributed by atoms with Crippen molar-refractivity contribution in [1.29, 1.82) is 5.26 Å². The Hall–Kier alpha value is -0.590. The molecule has 0 aromatic carbocycles. The van der Waals surface area contributed by atoms with E-state index in [0.717, 1.165) is 6.54 Å². The second-order valence-electron chi connectivity index (χ2n) is 2.03. The van der Waals surface area contributed by atoms with Crippen LogP contribution in [0, 0.1) is 18.4 Å². The van der Waals surface area contributed by atoms with Crippen LogP contribution >= 0.6 is 0 Å². The van der Waals surface area contributed by atoms with Crippen LogP contribution in [0.25, 0.3) is 0 Å². The quantitative estimate of drug-likeness (QED) is 0.428. The van der Waals surface area contributed by atoms with Crippen LogP contribution in [-0.4, -0.2) is 30.7 Å². The van der Waals surface area contributed by atoms with Crippen molar-refractivity contribution >= 4 is 0 Å². The maximum Gasteiger partial charge on any atom is 0.0945 e. The second kappa shape index (κ2) is 2.81. The molecule has 1 heterocycles. The zero-order chi connectivity index (χ0) is 6.69. The highest BCUT2D eigenvalue weighted by Gasteiger charge is 2.12. The van der Waals surface area contributed by atoms with E-state index in [4.69, 9.17) is 10.00 Å². The van der Waals surface area contributed by atoms with Gasteiger partial charge in [-0.3, -0.25) is 7.05 Å². The van der Waals surface area contributed by atoms with Gasteiger partial charge in [0, 0.05) is 0 Å². The summed E-state index contributed by atoms with van der Waals surface area (Å²) in [5.74, 6) is 0. The first-order valence-electron chi connectivity index (χ1n) is 2.89. The van der Waals surface area contributed by atoms with Gasteiger partial charge in [-0.2, -0.15) is 5.26 Å². The molecule has 3 nitrogen and oxygen atoms in total. The molecular formula is C6H9N2O-. The third-order valence-electron chi connectivity index (χ3n) is 1.39. The lowest BCUT2D eigenvalue weighted by atomic mass is 10.3. The van der Waals surface area contributed by atoms with E-state index in [1.165, 1.54) is 0 Å². The van der Waals surface area contributed by atoms with Gasteiger partial charge in [-0.25, -0.2) is 0 Å². The molecule has 1 fully saturated rings. The Morgan fingerprint density at radius 2 is 2.56 bits per heavy atom. The van der Waals surface area contributed by atoms with E-state index in [1.807, 2.05) is 0 Å². The molecule has 1 atom stereocenters. The lowest BCUT2D eigenvalue weighted by molar-refractivity contribution is 0.0344. The Balaban J connectivity index is 2.41. The van der Waals surface area contributed by atoms with E-state index in [-0.39, 0.29) is 6.04 Å². The summed E-state index contributed by atoms with van der Waals surface area (Å²) in [5, 5.41) is 8.45. The number of hydrogen-bond donors (Lipinski definition) is 0. The lowest BCUT2D eigenvalue weighted by Gasteiger charge is -2.34. The van der Waals surface area contributed by atoms with Crippen LogP contribution in [0.1, 0.15) is 0 Å². The zero-order valence-electron chi connectivity index (χ0n) is 5.21. The van der Waals surface area contributed by atoms with E-state index in [9.17, 15) is 0 Å². The maximum absolute atomic E-state index is 8.45. The predicted octanol–water partition coefficient (Wildman–Crippen LogP) is 0.00237. The minimum atomic E-state index is -0.140. The first-order valence-corrected chi connectivity index (χ1v) is 2.89. The molecule has 1 aliphatic heterocycles.